The average molecular weight is 251 g/mol. The molecule has 0 spiro atoms. The first kappa shape index (κ1) is 12.6. The number of aromatic carboxylic acids is 1. The van der Waals surface area contributed by atoms with Gasteiger partial charge in [-0.1, -0.05) is 0 Å². The van der Waals surface area contributed by atoms with Crippen LogP contribution in [0.15, 0.2) is 12.3 Å². The summed E-state index contributed by atoms with van der Waals surface area (Å²) >= 11 is 0. The number of ether oxygens (including phenoxy) is 1. The fourth-order valence-electron chi connectivity index (χ4n) is 2.13. The molecule has 0 aromatic carbocycles. The van der Waals surface area contributed by atoms with Crippen molar-refractivity contribution in [2.45, 2.75) is 18.9 Å². The van der Waals surface area contributed by atoms with Gasteiger partial charge in [0.05, 0.1) is 23.6 Å². The average Bonchev–Trinajstić information content (AvgIpc) is 2.81. The van der Waals surface area contributed by atoms with Gasteiger partial charge in [0, 0.05) is 20.2 Å². The molecule has 0 saturated carbocycles. The highest BCUT2D eigenvalue weighted by atomic mass is 16.5. The Labute approximate surface area is 105 Å². The first-order chi connectivity index (χ1) is 8.58. The molecule has 6 heteroatoms. The molecule has 0 bridgehead atoms. The minimum Gasteiger partial charge on any atom is -0.478 e. The molecule has 1 aliphatic rings. The third-order valence-corrected chi connectivity index (χ3v) is 3.05. The fourth-order valence-corrected chi connectivity index (χ4v) is 2.13. The molecule has 2 heterocycles. The summed E-state index contributed by atoms with van der Waals surface area (Å²) in [5.74, 6) is -0.792. The van der Waals surface area contributed by atoms with Gasteiger partial charge in [-0.25, -0.2) is 9.78 Å². The number of likely N-dealkylation sites (N-methyl/N-ethyl adjacent to an activating group) is 1. The van der Waals surface area contributed by atoms with E-state index in [9.17, 15) is 4.79 Å². The molecule has 0 radical (unpaired) electrons. The molecule has 1 aromatic rings. The maximum absolute atomic E-state index is 11.2. The van der Waals surface area contributed by atoms with Crippen LogP contribution in [-0.2, 0) is 4.74 Å². The number of aromatic nitrogens is 1. The standard InChI is InChI=1S/C12H17N3O3/c1-15(7-8-3-2-4-18-8)10-6-14-11(13)5-9(10)12(16)17/h5-6,8H,2-4,7H2,1H3,(H2,13,14)(H,16,17). The summed E-state index contributed by atoms with van der Waals surface area (Å²) in [6.07, 6.45) is 3.72. The van der Waals surface area contributed by atoms with E-state index >= 15 is 0 Å². The lowest BCUT2D eigenvalue weighted by atomic mass is 10.2. The van der Waals surface area contributed by atoms with Crippen molar-refractivity contribution in [1.82, 2.24) is 4.98 Å². The molecule has 1 saturated heterocycles. The van der Waals surface area contributed by atoms with E-state index in [1.807, 2.05) is 11.9 Å². The van der Waals surface area contributed by atoms with Gasteiger partial charge in [0.25, 0.3) is 0 Å². The van der Waals surface area contributed by atoms with Crippen LogP contribution in [0.4, 0.5) is 11.5 Å². The lowest BCUT2D eigenvalue weighted by Crippen LogP contribution is -2.30. The normalized spacial score (nSPS) is 18.8. The Morgan fingerprint density at radius 3 is 3.11 bits per heavy atom. The monoisotopic (exact) mass is 251 g/mol. The summed E-state index contributed by atoms with van der Waals surface area (Å²) in [5.41, 5.74) is 6.24. The summed E-state index contributed by atoms with van der Waals surface area (Å²) in [5, 5.41) is 9.16. The maximum atomic E-state index is 11.2. The van der Waals surface area contributed by atoms with Gasteiger partial charge >= 0.3 is 5.97 Å². The molecule has 0 amide bonds. The Balaban J connectivity index is 2.17. The Bertz CT molecular complexity index is 444. The predicted octanol–water partition coefficient (Wildman–Crippen LogP) is 0.977. The van der Waals surface area contributed by atoms with Crippen molar-refractivity contribution < 1.29 is 14.6 Å². The minimum absolute atomic E-state index is 0.161. The van der Waals surface area contributed by atoms with Crippen molar-refractivity contribution in [2.24, 2.45) is 0 Å². The van der Waals surface area contributed by atoms with Crippen LogP contribution in [0.3, 0.4) is 0 Å². The van der Waals surface area contributed by atoms with Crippen molar-refractivity contribution in [3.63, 3.8) is 0 Å². The maximum Gasteiger partial charge on any atom is 0.338 e. The SMILES string of the molecule is CN(CC1CCCO1)c1cnc(N)cc1C(=O)O. The second kappa shape index (κ2) is 5.22. The number of carbonyl (C=O) groups is 1. The number of nitrogens with zero attached hydrogens (tertiary/aromatic N) is 2. The van der Waals surface area contributed by atoms with Gasteiger partial charge in [-0.05, 0) is 18.9 Å². The van der Waals surface area contributed by atoms with Crippen LogP contribution in [0, 0.1) is 0 Å². The smallest absolute Gasteiger partial charge is 0.338 e. The topological polar surface area (TPSA) is 88.7 Å². The molecule has 3 N–H and O–H groups in total. The zero-order valence-electron chi connectivity index (χ0n) is 10.3. The summed E-state index contributed by atoms with van der Waals surface area (Å²) < 4.78 is 5.53. The lowest BCUT2D eigenvalue weighted by molar-refractivity contribution is 0.0697. The van der Waals surface area contributed by atoms with E-state index in [2.05, 4.69) is 4.98 Å². The van der Waals surface area contributed by atoms with Crippen LogP contribution >= 0.6 is 0 Å². The van der Waals surface area contributed by atoms with Gasteiger partial charge in [0.2, 0.25) is 0 Å². The highest BCUT2D eigenvalue weighted by Gasteiger charge is 2.20. The van der Waals surface area contributed by atoms with E-state index in [-0.39, 0.29) is 17.5 Å². The quantitative estimate of drug-likeness (QED) is 0.829. The molecule has 1 aromatic heterocycles. The second-order valence-electron chi connectivity index (χ2n) is 4.45. The molecule has 6 nitrogen and oxygen atoms in total. The number of carboxylic acids is 1. The molecule has 2 rings (SSSR count). The Kier molecular flexibility index (Phi) is 3.66. The molecule has 1 fully saturated rings. The summed E-state index contributed by atoms with van der Waals surface area (Å²) in [4.78, 5) is 17.0. The van der Waals surface area contributed by atoms with Gasteiger partial charge in [-0.15, -0.1) is 0 Å². The number of pyridine rings is 1. The van der Waals surface area contributed by atoms with Crippen LogP contribution in [0.25, 0.3) is 0 Å². The van der Waals surface area contributed by atoms with Crippen LogP contribution in [0.2, 0.25) is 0 Å². The molecular weight excluding hydrogens is 234 g/mol. The summed E-state index contributed by atoms with van der Waals surface area (Å²) in [6, 6.07) is 1.38. The Morgan fingerprint density at radius 2 is 2.50 bits per heavy atom. The first-order valence-electron chi connectivity index (χ1n) is 5.89. The number of nitrogens with two attached hydrogens (primary N) is 1. The third-order valence-electron chi connectivity index (χ3n) is 3.05. The van der Waals surface area contributed by atoms with Gasteiger partial charge in [-0.3, -0.25) is 0 Å². The Morgan fingerprint density at radius 1 is 1.72 bits per heavy atom. The van der Waals surface area contributed by atoms with Crippen LogP contribution in [0.1, 0.15) is 23.2 Å². The van der Waals surface area contributed by atoms with E-state index < -0.39 is 5.97 Å². The number of anilines is 2. The van der Waals surface area contributed by atoms with E-state index in [1.54, 1.807) is 0 Å². The van der Waals surface area contributed by atoms with Crippen LogP contribution in [0.5, 0.6) is 0 Å². The number of carboxylic acid groups (broad SMARTS) is 1. The van der Waals surface area contributed by atoms with Crippen molar-refractivity contribution in [1.29, 1.82) is 0 Å². The molecule has 0 aliphatic carbocycles. The predicted molar refractivity (Wildman–Crippen MR) is 67.9 cm³/mol. The lowest BCUT2D eigenvalue weighted by Gasteiger charge is -2.23. The second-order valence-corrected chi connectivity index (χ2v) is 4.45. The van der Waals surface area contributed by atoms with Gasteiger partial charge < -0.3 is 20.5 Å². The largest absolute Gasteiger partial charge is 0.478 e. The third kappa shape index (κ3) is 2.70. The van der Waals surface area contributed by atoms with Gasteiger partial charge in [-0.2, -0.15) is 0 Å². The van der Waals surface area contributed by atoms with Gasteiger partial charge in [0.1, 0.15) is 5.82 Å². The number of nitrogen functional groups attached to an aromatic ring is 1. The van der Waals surface area contributed by atoms with Crippen molar-refractivity contribution in [3.05, 3.63) is 17.8 Å². The zero-order valence-corrected chi connectivity index (χ0v) is 10.3. The van der Waals surface area contributed by atoms with Gasteiger partial charge in [0.15, 0.2) is 0 Å². The molecule has 1 atom stereocenters. The highest BCUT2D eigenvalue weighted by molar-refractivity contribution is 5.95. The zero-order chi connectivity index (χ0) is 13.1. The van der Waals surface area contributed by atoms with E-state index in [4.69, 9.17) is 15.6 Å². The molecular formula is C12H17N3O3. The van der Waals surface area contributed by atoms with E-state index in [1.165, 1.54) is 12.3 Å². The van der Waals surface area contributed by atoms with E-state index in [0.29, 0.717) is 12.2 Å². The minimum atomic E-state index is -1.00. The molecule has 1 unspecified atom stereocenters. The van der Waals surface area contributed by atoms with Crippen LogP contribution < -0.4 is 10.6 Å². The number of hydrogen-bond donors (Lipinski definition) is 2. The first-order valence-corrected chi connectivity index (χ1v) is 5.89. The summed E-state index contributed by atoms with van der Waals surface area (Å²) in [7, 11) is 1.83. The Hall–Kier alpha value is -1.82. The summed E-state index contributed by atoms with van der Waals surface area (Å²) in [6.45, 7) is 1.44. The molecule has 98 valence electrons. The molecule has 1 aliphatic heterocycles. The number of hydrogen-bond acceptors (Lipinski definition) is 5. The molecule has 18 heavy (non-hydrogen) atoms. The van der Waals surface area contributed by atoms with Crippen molar-refractivity contribution in [2.75, 3.05) is 30.8 Å². The van der Waals surface area contributed by atoms with E-state index in [0.717, 1.165) is 19.4 Å². The van der Waals surface area contributed by atoms with Crippen molar-refractivity contribution in [3.8, 4) is 0 Å². The fraction of sp³-hybridized carbons (Fsp3) is 0.500. The van der Waals surface area contributed by atoms with Crippen molar-refractivity contribution >= 4 is 17.5 Å². The number of rotatable bonds is 4. The van der Waals surface area contributed by atoms with Crippen LogP contribution in [-0.4, -0.2) is 42.4 Å². The highest BCUT2D eigenvalue weighted by Crippen LogP contribution is 2.22.